The van der Waals surface area contributed by atoms with Crippen LogP contribution >= 0.6 is 0 Å². The SMILES string of the molecule is COC(=O)C(C#N)c1cccc(OCc2ccccc2)c1. The molecular weight excluding hydrogens is 266 g/mol. The van der Waals surface area contributed by atoms with Crippen LogP contribution in [0.25, 0.3) is 0 Å². The molecule has 0 aromatic heterocycles. The van der Waals surface area contributed by atoms with Gasteiger partial charge in [-0.3, -0.25) is 4.79 Å². The van der Waals surface area contributed by atoms with Gasteiger partial charge in [0.2, 0.25) is 0 Å². The number of carbonyl (C=O) groups excluding carboxylic acids is 1. The molecule has 21 heavy (non-hydrogen) atoms. The maximum Gasteiger partial charge on any atom is 0.327 e. The standard InChI is InChI=1S/C17H15NO3/c1-20-17(19)16(11-18)14-8-5-9-15(10-14)21-12-13-6-3-2-4-7-13/h2-10,16H,12H2,1H3. The fourth-order valence-corrected chi connectivity index (χ4v) is 1.91. The lowest BCUT2D eigenvalue weighted by Crippen LogP contribution is -2.12. The van der Waals surface area contributed by atoms with Gasteiger partial charge < -0.3 is 9.47 Å². The zero-order valence-electron chi connectivity index (χ0n) is 11.7. The fraction of sp³-hybridized carbons (Fsp3) is 0.176. The second-order valence-electron chi connectivity index (χ2n) is 4.43. The summed E-state index contributed by atoms with van der Waals surface area (Å²) in [7, 11) is 1.27. The second kappa shape index (κ2) is 7.11. The average molecular weight is 281 g/mol. The third-order valence-electron chi connectivity index (χ3n) is 3.01. The van der Waals surface area contributed by atoms with Crippen LogP contribution in [0.4, 0.5) is 0 Å². The lowest BCUT2D eigenvalue weighted by atomic mass is 10.0. The van der Waals surface area contributed by atoms with Gasteiger partial charge in [0.15, 0.2) is 5.92 Å². The maximum atomic E-state index is 11.5. The van der Waals surface area contributed by atoms with Crippen molar-refractivity contribution in [2.24, 2.45) is 0 Å². The van der Waals surface area contributed by atoms with Crippen molar-refractivity contribution >= 4 is 5.97 Å². The van der Waals surface area contributed by atoms with E-state index in [4.69, 9.17) is 10.00 Å². The van der Waals surface area contributed by atoms with E-state index in [0.717, 1.165) is 5.56 Å². The number of rotatable bonds is 5. The van der Waals surface area contributed by atoms with Crippen LogP contribution in [0.5, 0.6) is 5.75 Å². The monoisotopic (exact) mass is 281 g/mol. The first kappa shape index (κ1) is 14.6. The van der Waals surface area contributed by atoms with Crippen molar-refractivity contribution in [3.05, 3.63) is 65.7 Å². The first-order valence-electron chi connectivity index (χ1n) is 6.48. The normalized spacial score (nSPS) is 11.2. The number of hydrogen-bond acceptors (Lipinski definition) is 4. The van der Waals surface area contributed by atoms with Crippen molar-refractivity contribution in [3.63, 3.8) is 0 Å². The zero-order chi connectivity index (χ0) is 15.1. The van der Waals surface area contributed by atoms with E-state index in [-0.39, 0.29) is 0 Å². The van der Waals surface area contributed by atoms with Crippen LogP contribution in [0.2, 0.25) is 0 Å². The lowest BCUT2D eigenvalue weighted by Gasteiger charge is -2.10. The van der Waals surface area contributed by atoms with Crippen LogP contribution in [0.15, 0.2) is 54.6 Å². The van der Waals surface area contributed by atoms with Crippen LogP contribution in [0, 0.1) is 11.3 Å². The van der Waals surface area contributed by atoms with E-state index in [1.807, 2.05) is 36.4 Å². The van der Waals surface area contributed by atoms with Crippen LogP contribution < -0.4 is 4.74 Å². The smallest absolute Gasteiger partial charge is 0.327 e. The summed E-state index contributed by atoms with van der Waals surface area (Å²) in [5.74, 6) is -0.895. The summed E-state index contributed by atoms with van der Waals surface area (Å²) in [6.07, 6.45) is 0. The first-order chi connectivity index (χ1) is 10.2. The van der Waals surface area contributed by atoms with Crippen LogP contribution in [-0.4, -0.2) is 13.1 Å². The molecule has 4 nitrogen and oxygen atoms in total. The summed E-state index contributed by atoms with van der Waals surface area (Å²) >= 11 is 0. The van der Waals surface area contributed by atoms with Gasteiger partial charge in [0, 0.05) is 0 Å². The second-order valence-corrected chi connectivity index (χ2v) is 4.43. The van der Waals surface area contributed by atoms with Gasteiger partial charge in [0.25, 0.3) is 0 Å². The number of methoxy groups -OCH3 is 1. The molecule has 106 valence electrons. The summed E-state index contributed by atoms with van der Waals surface area (Å²) < 4.78 is 10.3. The van der Waals surface area contributed by atoms with E-state index >= 15 is 0 Å². The number of nitrogens with zero attached hydrogens (tertiary/aromatic N) is 1. The molecule has 1 atom stereocenters. The van der Waals surface area contributed by atoms with Gasteiger partial charge in [0.1, 0.15) is 12.4 Å². The Labute approximate surface area is 123 Å². The van der Waals surface area contributed by atoms with Crippen LogP contribution in [-0.2, 0) is 16.1 Å². The molecule has 0 aliphatic heterocycles. The zero-order valence-corrected chi connectivity index (χ0v) is 11.7. The molecular formula is C17H15NO3. The van der Waals surface area contributed by atoms with Crippen molar-refractivity contribution in [3.8, 4) is 11.8 Å². The first-order valence-corrected chi connectivity index (χ1v) is 6.48. The van der Waals surface area contributed by atoms with Crippen molar-refractivity contribution in [2.75, 3.05) is 7.11 Å². The summed E-state index contributed by atoms with van der Waals surface area (Å²) in [4.78, 5) is 11.5. The minimum atomic E-state index is -0.935. The summed E-state index contributed by atoms with van der Waals surface area (Å²) in [5, 5.41) is 9.09. The molecule has 0 spiro atoms. The maximum absolute atomic E-state index is 11.5. The minimum absolute atomic E-state index is 0.430. The predicted octanol–water partition coefficient (Wildman–Crippen LogP) is 3.05. The lowest BCUT2D eigenvalue weighted by molar-refractivity contribution is -0.140. The quantitative estimate of drug-likeness (QED) is 0.790. The van der Waals surface area contributed by atoms with Gasteiger partial charge in [-0.15, -0.1) is 0 Å². The van der Waals surface area contributed by atoms with Crippen LogP contribution in [0.1, 0.15) is 17.0 Å². The number of nitriles is 1. The molecule has 0 heterocycles. The Balaban J connectivity index is 2.11. The fourth-order valence-electron chi connectivity index (χ4n) is 1.91. The highest BCUT2D eigenvalue weighted by Gasteiger charge is 2.21. The van der Waals surface area contributed by atoms with Gasteiger partial charge in [-0.05, 0) is 23.3 Å². The van der Waals surface area contributed by atoms with Crippen molar-refractivity contribution in [1.82, 2.24) is 0 Å². The molecule has 2 aromatic rings. The van der Waals surface area contributed by atoms with Crippen molar-refractivity contribution < 1.29 is 14.3 Å². The number of ether oxygens (including phenoxy) is 2. The van der Waals surface area contributed by atoms with Gasteiger partial charge in [0.05, 0.1) is 13.2 Å². The largest absolute Gasteiger partial charge is 0.489 e. The number of esters is 1. The minimum Gasteiger partial charge on any atom is -0.489 e. The van der Waals surface area contributed by atoms with Crippen molar-refractivity contribution in [2.45, 2.75) is 12.5 Å². The molecule has 0 fully saturated rings. The molecule has 0 saturated carbocycles. The van der Waals surface area contributed by atoms with Crippen molar-refractivity contribution in [1.29, 1.82) is 5.26 Å². The topological polar surface area (TPSA) is 59.3 Å². The van der Waals surface area contributed by atoms with E-state index in [2.05, 4.69) is 4.74 Å². The molecule has 0 N–H and O–H groups in total. The Hall–Kier alpha value is -2.80. The van der Waals surface area contributed by atoms with Gasteiger partial charge in [-0.2, -0.15) is 5.26 Å². The molecule has 2 rings (SSSR count). The molecule has 1 unspecified atom stereocenters. The highest BCUT2D eigenvalue weighted by atomic mass is 16.5. The third kappa shape index (κ3) is 3.83. The molecule has 0 radical (unpaired) electrons. The van der Waals surface area contributed by atoms with Crippen LogP contribution in [0.3, 0.4) is 0 Å². The number of benzene rings is 2. The van der Waals surface area contributed by atoms with Gasteiger partial charge in [-0.25, -0.2) is 0 Å². The Kier molecular flexibility index (Phi) is 4.94. The van der Waals surface area contributed by atoms with E-state index in [0.29, 0.717) is 17.9 Å². The molecule has 2 aromatic carbocycles. The third-order valence-corrected chi connectivity index (χ3v) is 3.01. The highest BCUT2D eigenvalue weighted by molar-refractivity contribution is 5.81. The molecule has 0 saturated heterocycles. The Morgan fingerprint density at radius 3 is 2.62 bits per heavy atom. The predicted molar refractivity (Wildman–Crippen MR) is 77.6 cm³/mol. The summed E-state index contributed by atoms with van der Waals surface area (Å²) in [6, 6.07) is 18.6. The molecule has 0 aliphatic rings. The number of carbonyl (C=O) groups is 1. The Morgan fingerprint density at radius 2 is 1.95 bits per heavy atom. The molecule has 0 amide bonds. The van der Waals surface area contributed by atoms with Gasteiger partial charge in [-0.1, -0.05) is 42.5 Å². The summed E-state index contributed by atoms with van der Waals surface area (Å²) in [5.41, 5.74) is 1.61. The molecule has 0 bridgehead atoms. The Bertz CT molecular complexity index is 647. The van der Waals surface area contributed by atoms with E-state index in [9.17, 15) is 4.79 Å². The highest BCUT2D eigenvalue weighted by Crippen LogP contribution is 2.22. The van der Waals surface area contributed by atoms with Gasteiger partial charge >= 0.3 is 5.97 Å². The Morgan fingerprint density at radius 1 is 1.19 bits per heavy atom. The number of hydrogen-bond donors (Lipinski definition) is 0. The van der Waals surface area contributed by atoms with E-state index in [1.165, 1.54) is 7.11 Å². The average Bonchev–Trinajstić information content (AvgIpc) is 2.55. The molecule has 4 heteroatoms. The van der Waals surface area contributed by atoms with E-state index in [1.54, 1.807) is 24.3 Å². The van der Waals surface area contributed by atoms with E-state index < -0.39 is 11.9 Å². The molecule has 0 aliphatic carbocycles. The summed E-state index contributed by atoms with van der Waals surface area (Å²) in [6.45, 7) is 0.430.